The number of rotatable bonds is 3. The average molecular weight is 346 g/mol. The SMILES string of the molecule is C=C[C@H]1CC[C@@H](C=C)[C@@]2(C1)C(=O)OC[C@@H]2[C@@H]1COC2(CCCCC2)O1. The maximum atomic E-state index is 12.9. The molecule has 0 radical (unpaired) electrons. The van der Waals surface area contributed by atoms with Crippen LogP contribution in [0.2, 0.25) is 0 Å². The van der Waals surface area contributed by atoms with Crippen LogP contribution in [-0.4, -0.2) is 31.1 Å². The predicted octanol–water partition coefficient (Wildman–Crippen LogP) is 4.01. The minimum atomic E-state index is -0.521. The molecule has 0 amide bonds. The maximum Gasteiger partial charge on any atom is 0.313 e. The van der Waals surface area contributed by atoms with Gasteiger partial charge in [0.2, 0.25) is 0 Å². The van der Waals surface area contributed by atoms with E-state index in [9.17, 15) is 4.79 Å². The first-order chi connectivity index (χ1) is 12.1. The zero-order valence-corrected chi connectivity index (χ0v) is 15.1. The summed E-state index contributed by atoms with van der Waals surface area (Å²) in [7, 11) is 0. The van der Waals surface area contributed by atoms with Gasteiger partial charge in [0.1, 0.15) is 0 Å². The Hall–Kier alpha value is -1.13. The molecule has 0 unspecified atom stereocenters. The molecule has 138 valence electrons. The first kappa shape index (κ1) is 17.3. The Kier molecular flexibility index (Phi) is 4.53. The lowest BCUT2D eigenvalue weighted by molar-refractivity contribution is -0.196. The lowest BCUT2D eigenvalue weighted by Gasteiger charge is -2.44. The molecule has 2 heterocycles. The van der Waals surface area contributed by atoms with Crippen molar-refractivity contribution in [2.45, 2.75) is 63.3 Å². The van der Waals surface area contributed by atoms with Gasteiger partial charge in [-0.25, -0.2) is 0 Å². The molecule has 4 rings (SSSR count). The number of cyclic esters (lactones) is 1. The van der Waals surface area contributed by atoms with Gasteiger partial charge in [-0.15, -0.1) is 13.2 Å². The zero-order chi connectivity index (χ0) is 17.5. The van der Waals surface area contributed by atoms with Crippen molar-refractivity contribution in [3.63, 3.8) is 0 Å². The summed E-state index contributed by atoms with van der Waals surface area (Å²) in [6, 6.07) is 0. The van der Waals surface area contributed by atoms with E-state index in [1.54, 1.807) is 0 Å². The van der Waals surface area contributed by atoms with Gasteiger partial charge in [-0.2, -0.15) is 0 Å². The number of carbonyl (C=O) groups excluding carboxylic acids is 1. The van der Waals surface area contributed by atoms with E-state index >= 15 is 0 Å². The van der Waals surface area contributed by atoms with Crippen molar-refractivity contribution >= 4 is 5.97 Å². The Bertz CT molecular complexity index is 550. The molecule has 0 aromatic rings. The second kappa shape index (κ2) is 6.55. The smallest absolute Gasteiger partial charge is 0.313 e. The van der Waals surface area contributed by atoms with Crippen LogP contribution >= 0.6 is 0 Å². The summed E-state index contributed by atoms with van der Waals surface area (Å²) in [4.78, 5) is 12.9. The molecule has 2 aliphatic carbocycles. The van der Waals surface area contributed by atoms with Gasteiger partial charge < -0.3 is 14.2 Å². The highest BCUT2D eigenvalue weighted by molar-refractivity contribution is 5.80. The third kappa shape index (κ3) is 2.69. The molecule has 2 spiro atoms. The third-order valence-electron chi connectivity index (χ3n) is 7.10. The number of hydrogen-bond acceptors (Lipinski definition) is 4. The van der Waals surface area contributed by atoms with Crippen molar-refractivity contribution in [1.82, 2.24) is 0 Å². The molecule has 25 heavy (non-hydrogen) atoms. The van der Waals surface area contributed by atoms with Gasteiger partial charge in [-0.3, -0.25) is 4.79 Å². The molecular formula is C21H30O4. The average Bonchev–Trinajstić information content (AvgIpc) is 3.18. The highest BCUT2D eigenvalue weighted by Crippen LogP contribution is 2.56. The van der Waals surface area contributed by atoms with Crippen molar-refractivity contribution < 1.29 is 19.0 Å². The van der Waals surface area contributed by atoms with E-state index in [1.807, 2.05) is 12.2 Å². The second-order valence-corrected chi connectivity index (χ2v) is 8.30. The molecule has 0 aromatic heterocycles. The number of ether oxygens (including phenoxy) is 3. The van der Waals surface area contributed by atoms with Gasteiger partial charge in [-0.1, -0.05) is 18.6 Å². The molecule has 5 atom stereocenters. The van der Waals surface area contributed by atoms with E-state index in [0.717, 1.165) is 44.9 Å². The summed E-state index contributed by atoms with van der Waals surface area (Å²) < 4.78 is 18.3. The number of carbonyl (C=O) groups is 1. The molecular weight excluding hydrogens is 316 g/mol. The van der Waals surface area contributed by atoms with E-state index in [2.05, 4.69) is 13.2 Å². The molecule has 0 bridgehead atoms. The summed E-state index contributed by atoms with van der Waals surface area (Å²) in [5, 5.41) is 0. The van der Waals surface area contributed by atoms with E-state index in [1.165, 1.54) is 6.42 Å². The zero-order valence-electron chi connectivity index (χ0n) is 15.1. The summed E-state index contributed by atoms with van der Waals surface area (Å²) in [5.74, 6) is 0.0751. The Balaban J connectivity index is 1.61. The van der Waals surface area contributed by atoms with Crippen LogP contribution in [0, 0.1) is 23.2 Å². The van der Waals surface area contributed by atoms with Gasteiger partial charge >= 0.3 is 5.97 Å². The van der Waals surface area contributed by atoms with Crippen molar-refractivity contribution in [1.29, 1.82) is 0 Å². The largest absolute Gasteiger partial charge is 0.465 e. The van der Waals surface area contributed by atoms with Crippen molar-refractivity contribution in [3.8, 4) is 0 Å². The molecule has 2 aliphatic heterocycles. The van der Waals surface area contributed by atoms with Crippen LogP contribution in [0.25, 0.3) is 0 Å². The maximum absolute atomic E-state index is 12.9. The fourth-order valence-electron chi connectivity index (χ4n) is 5.70. The minimum Gasteiger partial charge on any atom is -0.465 e. The van der Waals surface area contributed by atoms with Crippen LogP contribution < -0.4 is 0 Å². The summed E-state index contributed by atoms with van der Waals surface area (Å²) >= 11 is 0. The molecule has 4 nitrogen and oxygen atoms in total. The molecule has 2 saturated carbocycles. The first-order valence-electron chi connectivity index (χ1n) is 9.88. The quantitative estimate of drug-likeness (QED) is 0.572. The van der Waals surface area contributed by atoms with Crippen molar-refractivity contribution in [2.24, 2.45) is 23.2 Å². The Labute approximate surface area is 150 Å². The Morgan fingerprint density at radius 3 is 2.56 bits per heavy atom. The lowest BCUT2D eigenvalue weighted by atomic mass is 9.57. The summed E-state index contributed by atoms with van der Waals surface area (Å²) in [6.07, 6.45) is 12.2. The van der Waals surface area contributed by atoms with Gasteiger partial charge in [0.05, 0.1) is 24.7 Å². The highest BCUT2D eigenvalue weighted by Gasteiger charge is 2.62. The lowest BCUT2D eigenvalue weighted by Crippen LogP contribution is -2.49. The predicted molar refractivity (Wildman–Crippen MR) is 94.7 cm³/mol. The van der Waals surface area contributed by atoms with Gasteiger partial charge in [-0.05, 0) is 43.9 Å². The molecule has 0 N–H and O–H groups in total. The molecule has 2 saturated heterocycles. The van der Waals surface area contributed by atoms with Gasteiger partial charge in [0.25, 0.3) is 0 Å². The van der Waals surface area contributed by atoms with E-state index in [4.69, 9.17) is 14.2 Å². The van der Waals surface area contributed by atoms with E-state index < -0.39 is 11.2 Å². The van der Waals surface area contributed by atoms with Crippen molar-refractivity contribution in [3.05, 3.63) is 25.3 Å². The first-order valence-corrected chi connectivity index (χ1v) is 9.88. The molecule has 4 fully saturated rings. The van der Waals surface area contributed by atoms with E-state index in [0.29, 0.717) is 19.1 Å². The standard InChI is InChI=1S/C21H30O4/c1-3-15-8-9-16(4-2)21(12-15)17(13-23-19(21)22)18-14-24-20(25-18)10-6-5-7-11-20/h3-4,15-18H,1-2,5-14H2/t15-,16+,17+,18-,21+/m0/s1. The molecule has 4 heteroatoms. The van der Waals surface area contributed by atoms with Crippen LogP contribution in [0.3, 0.4) is 0 Å². The molecule has 0 aromatic carbocycles. The normalized spacial score (nSPS) is 43.3. The fourth-order valence-corrected chi connectivity index (χ4v) is 5.70. The van der Waals surface area contributed by atoms with E-state index in [-0.39, 0.29) is 23.9 Å². The monoisotopic (exact) mass is 346 g/mol. The topological polar surface area (TPSA) is 44.8 Å². The third-order valence-corrected chi connectivity index (χ3v) is 7.10. The Morgan fingerprint density at radius 1 is 1.04 bits per heavy atom. The fraction of sp³-hybridized carbons (Fsp3) is 0.762. The number of hydrogen-bond donors (Lipinski definition) is 0. The van der Waals surface area contributed by atoms with Crippen LogP contribution in [-0.2, 0) is 19.0 Å². The summed E-state index contributed by atoms with van der Waals surface area (Å²) in [6.45, 7) is 9.02. The highest BCUT2D eigenvalue weighted by atomic mass is 16.7. The van der Waals surface area contributed by atoms with Crippen LogP contribution in [0.15, 0.2) is 25.3 Å². The number of esters is 1. The molecule has 4 aliphatic rings. The van der Waals surface area contributed by atoms with Crippen LogP contribution in [0.1, 0.15) is 51.4 Å². The van der Waals surface area contributed by atoms with Crippen molar-refractivity contribution in [2.75, 3.05) is 13.2 Å². The minimum absolute atomic E-state index is 0.0482. The van der Waals surface area contributed by atoms with Gasteiger partial charge in [0.15, 0.2) is 5.79 Å². The Morgan fingerprint density at radius 2 is 1.84 bits per heavy atom. The second-order valence-electron chi connectivity index (χ2n) is 8.30. The van der Waals surface area contributed by atoms with Gasteiger partial charge in [0, 0.05) is 18.8 Å². The summed E-state index contributed by atoms with van der Waals surface area (Å²) in [5.41, 5.74) is -0.521. The number of allylic oxidation sites excluding steroid dienone is 2. The van der Waals surface area contributed by atoms with Crippen LogP contribution in [0.4, 0.5) is 0 Å². The van der Waals surface area contributed by atoms with Crippen LogP contribution in [0.5, 0.6) is 0 Å².